The van der Waals surface area contributed by atoms with Crippen LogP contribution in [0.2, 0.25) is 0 Å². The zero-order chi connectivity index (χ0) is 9.52. The van der Waals surface area contributed by atoms with Crippen molar-refractivity contribution >= 4 is 5.82 Å². The lowest BCUT2D eigenvalue weighted by Gasteiger charge is -2.09. The van der Waals surface area contributed by atoms with Gasteiger partial charge < -0.3 is 21.0 Å². The maximum absolute atomic E-state index is 8.58. The summed E-state index contributed by atoms with van der Waals surface area (Å²) in [5.74, 6) is 0.766. The van der Waals surface area contributed by atoms with Crippen LogP contribution >= 0.6 is 0 Å². The predicted octanol–water partition coefficient (Wildman–Crippen LogP) is -1.18. The second-order valence-electron chi connectivity index (χ2n) is 2.41. The van der Waals surface area contributed by atoms with E-state index in [1.807, 2.05) is 0 Å². The second kappa shape index (κ2) is 5.39. The van der Waals surface area contributed by atoms with E-state index in [1.54, 1.807) is 12.3 Å². The van der Waals surface area contributed by atoms with Gasteiger partial charge in [0.05, 0.1) is 26.0 Å². The molecule has 74 valence electrons. The van der Waals surface area contributed by atoms with Gasteiger partial charge in [0.15, 0.2) is 0 Å². The fourth-order valence-corrected chi connectivity index (χ4v) is 0.903. The molecule has 0 radical (unpaired) electrons. The summed E-state index contributed by atoms with van der Waals surface area (Å²) in [5.41, 5.74) is 2.86. The van der Waals surface area contributed by atoms with Gasteiger partial charge in [-0.15, -0.1) is 0 Å². The Bertz CT molecular complexity index is 216. The lowest BCUT2D eigenvalue weighted by atomic mass is 10.6. The number of anilines is 1. The highest BCUT2D eigenvalue weighted by Gasteiger charge is 1.98. The van der Waals surface area contributed by atoms with Gasteiger partial charge in [-0.1, -0.05) is 0 Å². The highest BCUT2D eigenvalue weighted by atomic mass is 16.3. The van der Waals surface area contributed by atoms with Crippen LogP contribution in [0.5, 0.6) is 0 Å². The summed E-state index contributed by atoms with van der Waals surface area (Å²) < 4.78 is 0. The van der Waals surface area contributed by atoms with Gasteiger partial charge >= 0.3 is 0 Å². The lowest BCUT2D eigenvalue weighted by Crippen LogP contribution is -2.22. The second-order valence-corrected chi connectivity index (χ2v) is 2.41. The van der Waals surface area contributed by atoms with Crippen LogP contribution in [0.1, 0.15) is 0 Å². The number of aliphatic hydroxyl groups excluding tert-OH is 2. The number of hydrogen-bond donors (Lipinski definition) is 4. The summed E-state index contributed by atoms with van der Waals surface area (Å²) in [6.07, 6.45) is 1.63. The average molecular weight is 186 g/mol. The molecule has 1 heterocycles. The number of nitrogens with zero attached hydrogens (tertiary/aromatic N) is 2. The van der Waals surface area contributed by atoms with Crippen molar-refractivity contribution in [1.82, 2.24) is 9.89 Å². The molecule has 0 unspecified atom stereocenters. The van der Waals surface area contributed by atoms with Crippen molar-refractivity contribution in [1.29, 1.82) is 0 Å². The van der Waals surface area contributed by atoms with E-state index in [0.717, 1.165) is 5.82 Å². The highest BCUT2D eigenvalue weighted by molar-refractivity contribution is 5.34. The van der Waals surface area contributed by atoms with E-state index in [1.165, 1.54) is 4.79 Å². The van der Waals surface area contributed by atoms with Gasteiger partial charge in [0.25, 0.3) is 0 Å². The first-order valence-corrected chi connectivity index (χ1v) is 4.12. The maximum atomic E-state index is 8.58. The minimum atomic E-state index is 0.0549. The number of aliphatic hydroxyl groups is 2. The Morgan fingerprint density at radius 1 is 1.31 bits per heavy atom. The Morgan fingerprint density at radius 3 is 2.77 bits per heavy atom. The molecule has 0 saturated carbocycles. The third kappa shape index (κ3) is 2.92. The molecule has 0 spiro atoms. The van der Waals surface area contributed by atoms with Crippen LogP contribution in [0.4, 0.5) is 5.82 Å². The van der Waals surface area contributed by atoms with Crippen LogP contribution in [-0.2, 0) is 0 Å². The number of aromatic nitrogens is 2. The van der Waals surface area contributed by atoms with Gasteiger partial charge in [0, 0.05) is 12.6 Å². The van der Waals surface area contributed by atoms with Crippen LogP contribution in [0.15, 0.2) is 12.3 Å². The largest absolute Gasteiger partial charge is 0.395 e. The molecule has 0 aliphatic heterocycles. The normalized spacial score (nSPS) is 10.0. The van der Waals surface area contributed by atoms with E-state index in [9.17, 15) is 0 Å². The van der Waals surface area contributed by atoms with Crippen molar-refractivity contribution < 1.29 is 10.2 Å². The SMILES string of the molecule is OCCNc1ccnn1NCCO. The Morgan fingerprint density at radius 2 is 2.08 bits per heavy atom. The molecule has 1 rings (SSSR count). The Labute approximate surface area is 76.2 Å². The third-order valence-corrected chi connectivity index (χ3v) is 1.43. The standard InChI is InChI=1S/C7H14N4O2/c12-5-3-8-7-1-2-9-11(7)10-4-6-13/h1-2,8,10,12-13H,3-6H2. The molecule has 6 heteroatoms. The van der Waals surface area contributed by atoms with Crippen molar-refractivity contribution in [3.8, 4) is 0 Å². The molecule has 6 nitrogen and oxygen atoms in total. The summed E-state index contributed by atoms with van der Waals surface area (Å²) in [6.45, 7) is 1.05. The maximum Gasteiger partial charge on any atom is 0.147 e. The quantitative estimate of drug-likeness (QED) is 0.450. The minimum Gasteiger partial charge on any atom is -0.395 e. The first-order valence-electron chi connectivity index (χ1n) is 4.12. The summed E-state index contributed by atoms with van der Waals surface area (Å²) >= 11 is 0. The molecule has 0 amide bonds. The van der Waals surface area contributed by atoms with Crippen molar-refractivity contribution in [2.24, 2.45) is 0 Å². The van der Waals surface area contributed by atoms with E-state index in [0.29, 0.717) is 13.1 Å². The molecule has 0 saturated heterocycles. The molecule has 0 aliphatic rings. The monoisotopic (exact) mass is 186 g/mol. The number of hydrogen-bond acceptors (Lipinski definition) is 5. The molecular formula is C7H14N4O2. The molecule has 0 fully saturated rings. The van der Waals surface area contributed by atoms with Crippen LogP contribution < -0.4 is 10.7 Å². The minimum absolute atomic E-state index is 0.0549. The van der Waals surface area contributed by atoms with Crippen molar-refractivity contribution in [2.45, 2.75) is 0 Å². The van der Waals surface area contributed by atoms with Gasteiger partial charge in [0.1, 0.15) is 5.82 Å². The number of rotatable bonds is 6. The van der Waals surface area contributed by atoms with Gasteiger partial charge in [0.2, 0.25) is 0 Å². The Balaban J connectivity index is 2.45. The number of nitrogens with one attached hydrogen (secondary N) is 2. The lowest BCUT2D eigenvalue weighted by molar-refractivity contribution is 0.305. The first kappa shape index (κ1) is 9.82. The third-order valence-electron chi connectivity index (χ3n) is 1.43. The molecule has 0 atom stereocenters. The first-order chi connectivity index (χ1) is 6.38. The summed E-state index contributed by atoms with van der Waals surface area (Å²) in [5, 5.41) is 24.1. The predicted molar refractivity (Wildman–Crippen MR) is 49.1 cm³/mol. The average Bonchev–Trinajstić information content (AvgIpc) is 2.59. The van der Waals surface area contributed by atoms with Gasteiger partial charge in [-0.3, -0.25) is 0 Å². The van der Waals surface area contributed by atoms with Gasteiger partial charge in [-0.05, 0) is 0 Å². The van der Waals surface area contributed by atoms with E-state index >= 15 is 0 Å². The zero-order valence-corrected chi connectivity index (χ0v) is 7.27. The molecule has 0 aromatic carbocycles. The molecule has 0 aliphatic carbocycles. The highest BCUT2D eigenvalue weighted by Crippen LogP contribution is 2.01. The van der Waals surface area contributed by atoms with Crippen LogP contribution in [0.25, 0.3) is 0 Å². The summed E-state index contributed by atoms with van der Waals surface area (Å²) in [4.78, 5) is 1.52. The van der Waals surface area contributed by atoms with E-state index in [2.05, 4.69) is 15.8 Å². The topological polar surface area (TPSA) is 82.3 Å². The van der Waals surface area contributed by atoms with E-state index in [4.69, 9.17) is 10.2 Å². The van der Waals surface area contributed by atoms with Crippen LogP contribution in [0, 0.1) is 0 Å². The summed E-state index contributed by atoms with van der Waals surface area (Å²) in [6, 6.07) is 1.78. The van der Waals surface area contributed by atoms with E-state index < -0.39 is 0 Å². The Kier molecular flexibility index (Phi) is 4.07. The molecule has 1 aromatic heterocycles. The molecular weight excluding hydrogens is 172 g/mol. The zero-order valence-electron chi connectivity index (χ0n) is 7.27. The van der Waals surface area contributed by atoms with Crippen LogP contribution in [-0.4, -0.2) is 46.4 Å². The Hall–Kier alpha value is -1.27. The fraction of sp³-hybridized carbons (Fsp3) is 0.571. The van der Waals surface area contributed by atoms with Crippen LogP contribution in [0.3, 0.4) is 0 Å². The summed E-state index contributed by atoms with van der Waals surface area (Å²) in [7, 11) is 0. The van der Waals surface area contributed by atoms with Gasteiger partial charge in [-0.25, -0.2) is 0 Å². The van der Waals surface area contributed by atoms with E-state index in [-0.39, 0.29) is 13.2 Å². The molecule has 0 bridgehead atoms. The fourth-order valence-electron chi connectivity index (χ4n) is 0.903. The molecule has 1 aromatic rings. The van der Waals surface area contributed by atoms with Crippen molar-refractivity contribution in [3.05, 3.63) is 12.3 Å². The van der Waals surface area contributed by atoms with Crippen molar-refractivity contribution in [3.63, 3.8) is 0 Å². The molecule has 13 heavy (non-hydrogen) atoms. The molecule has 4 N–H and O–H groups in total. The smallest absolute Gasteiger partial charge is 0.147 e. The van der Waals surface area contributed by atoms with Crippen molar-refractivity contribution in [2.75, 3.05) is 37.0 Å². The van der Waals surface area contributed by atoms with Gasteiger partial charge in [-0.2, -0.15) is 9.89 Å².